The van der Waals surface area contributed by atoms with Crippen LogP contribution in [0, 0.1) is 5.92 Å². The molecular weight excluding hydrogens is 330 g/mol. The maximum atomic E-state index is 12.4. The zero-order valence-electron chi connectivity index (χ0n) is 10.8. The number of carbonyl (C=O) groups is 1. The molecule has 2 rings (SSSR count). The zero-order valence-corrected chi connectivity index (χ0v) is 13.1. The number of piperidine rings is 1. The van der Waals surface area contributed by atoms with Crippen LogP contribution in [-0.4, -0.2) is 35.1 Å². The van der Waals surface area contributed by atoms with Gasteiger partial charge in [0.25, 0.3) is 5.91 Å². The molecule has 1 fully saturated rings. The molecule has 1 unspecified atom stereocenters. The number of nitrogens with zero attached hydrogens (tertiary/aromatic N) is 1. The second-order valence-corrected chi connectivity index (χ2v) is 6.29. The quantitative estimate of drug-likeness (QED) is 0.892. The molecule has 1 aromatic rings. The normalized spacial score (nSPS) is 18.4. The first kappa shape index (κ1) is 14.8. The van der Waals surface area contributed by atoms with Crippen molar-refractivity contribution in [1.82, 2.24) is 4.90 Å². The summed E-state index contributed by atoms with van der Waals surface area (Å²) in [5.74, 6) is 0.324. The molecule has 1 atom stereocenters. The second-order valence-electron chi connectivity index (χ2n) is 4.99. The van der Waals surface area contributed by atoms with Gasteiger partial charge < -0.3 is 10.0 Å². The molecule has 0 bridgehead atoms. The number of carbonyl (C=O) groups excluding carboxylic acids is 1. The minimum atomic E-state index is -0.292. The van der Waals surface area contributed by atoms with E-state index in [0.29, 0.717) is 29.6 Å². The SMILES string of the molecule is CC(O)C1CCN(C(=O)c2ccc(Cl)cc2Br)CC1. The lowest BCUT2D eigenvalue weighted by Crippen LogP contribution is -2.40. The van der Waals surface area contributed by atoms with Gasteiger partial charge in [0.05, 0.1) is 11.7 Å². The number of aliphatic hydroxyl groups is 1. The average molecular weight is 347 g/mol. The lowest BCUT2D eigenvalue weighted by molar-refractivity contribution is 0.0521. The summed E-state index contributed by atoms with van der Waals surface area (Å²) in [6, 6.07) is 5.20. The van der Waals surface area contributed by atoms with E-state index in [1.165, 1.54) is 0 Å². The van der Waals surface area contributed by atoms with Crippen molar-refractivity contribution >= 4 is 33.4 Å². The minimum absolute atomic E-state index is 0.0209. The summed E-state index contributed by atoms with van der Waals surface area (Å²) in [5, 5.41) is 10.2. The van der Waals surface area contributed by atoms with Gasteiger partial charge in [-0.3, -0.25) is 4.79 Å². The molecule has 0 spiro atoms. The van der Waals surface area contributed by atoms with E-state index in [1.807, 2.05) is 11.8 Å². The molecule has 19 heavy (non-hydrogen) atoms. The predicted molar refractivity (Wildman–Crippen MR) is 79.5 cm³/mol. The number of rotatable bonds is 2. The van der Waals surface area contributed by atoms with Crippen molar-refractivity contribution in [3.8, 4) is 0 Å². The number of aliphatic hydroxyl groups excluding tert-OH is 1. The fraction of sp³-hybridized carbons (Fsp3) is 0.500. The van der Waals surface area contributed by atoms with E-state index in [2.05, 4.69) is 15.9 Å². The molecule has 1 N–H and O–H groups in total. The smallest absolute Gasteiger partial charge is 0.254 e. The Morgan fingerprint density at radius 3 is 2.63 bits per heavy atom. The van der Waals surface area contributed by atoms with Gasteiger partial charge >= 0.3 is 0 Å². The van der Waals surface area contributed by atoms with Gasteiger partial charge in [0.15, 0.2) is 0 Å². The van der Waals surface area contributed by atoms with Gasteiger partial charge in [0, 0.05) is 22.6 Å². The largest absolute Gasteiger partial charge is 0.393 e. The number of hydrogen-bond donors (Lipinski definition) is 1. The summed E-state index contributed by atoms with van der Waals surface area (Å²) in [5.41, 5.74) is 0.639. The van der Waals surface area contributed by atoms with E-state index in [9.17, 15) is 9.90 Å². The Bertz CT molecular complexity index is 471. The highest BCUT2D eigenvalue weighted by molar-refractivity contribution is 9.10. The monoisotopic (exact) mass is 345 g/mol. The Morgan fingerprint density at radius 1 is 1.47 bits per heavy atom. The molecule has 0 radical (unpaired) electrons. The Hall–Kier alpha value is -0.580. The first-order valence-electron chi connectivity index (χ1n) is 6.41. The molecule has 0 aromatic heterocycles. The summed E-state index contributed by atoms with van der Waals surface area (Å²) < 4.78 is 0.725. The van der Waals surface area contributed by atoms with Gasteiger partial charge in [-0.15, -0.1) is 0 Å². The molecule has 0 saturated carbocycles. The maximum Gasteiger partial charge on any atom is 0.254 e. The number of benzene rings is 1. The topological polar surface area (TPSA) is 40.5 Å². The Balaban J connectivity index is 2.05. The van der Waals surface area contributed by atoms with Gasteiger partial charge in [-0.2, -0.15) is 0 Å². The van der Waals surface area contributed by atoms with E-state index in [-0.39, 0.29) is 12.0 Å². The number of likely N-dealkylation sites (tertiary alicyclic amines) is 1. The van der Waals surface area contributed by atoms with Crippen molar-refractivity contribution in [2.45, 2.75) is 25.9 Å². The summed E-state index contributed by atoms with van der Waals surface area (Å²) in [6.07, 6.45) is 1.42. The van der Waals surface area contributed by atoms with Gasteiger partial charge in [-0.25, -0.2) is 0 Å². The van der Waals surface area contributed by atoms with E-state index in [1.54, 1.807) is 18.2 Å². The van der Waals surface area contributed by atoms with Crippen LogP contribution < -0.4 is 0 Å². The molecule has 1 amide bonds. The third-order valence-electron chi connectivity index (χ3n) is 3.67. The Kier molecular flexibility index (Phi) is 4.87. The van der Waals surface area contributed by atoms with Crippen LogP contribution in [0.4, 0.5) is 0 Å². The average Bonchev–Trinajstić information content (AvgIpc) is 2.38. The molecule has 104 valence electrons. The van der Waals surface area contributed by atoms with Crippen molar-refractivity contribution < 1.29 is 9.90 Å². The lowest BCUT2D eigenvalue weighted by Gasteiger charge is -2.33. The van der Waals surface area contributed by atoms with Gasteiger partial charge in [0.1, 0.15) is 0 Å². The summed E-state index contributed by atoms with van der Waals surface area (Å²) >= 11 is 9.26. The van der Waals surface area contributed by atoms with Crippen molar-refractivity contribution in [2.75, 3.05) is 13.1 Å². The Labute approximate surface area is 126 Å². The van der Waals surface area contributed by atoms with E-state index < -0.39 is 0 Å². The predicted octanol–water partition coefficient (Wildman–Crippen LogP) is 3.34. The summed E-state index contributed by atoms with van der Waals surface area (Å²) in [4.78, 5) is 14.2. The molecular formula is C14H17BrClNO2. The van der Waals surface area contributed by atoms with Crippen LogP contribution in [0.5, 0.6) is 0 Å². The van der Waals surface area contributed by atoms with E-state index >= 15 is 0 Å². The van der Waals surface area contributed by atoms with Crippen molar-refractivity contribution in [3.63, 3.8) is 0 Å². The summed E-state index contributed by atoms with van der Waals surface area (Å²) in [6.45, 7) is 3.21. The van der Waals surface area contributed by atoms with Crippen molar-refractivity contribution in [1.29, 1.82) is 0 Å². The van der Waals surface area contributed by atoms with Crippen molar-refractivity contribution in [2.24, 2.45) is 5.92 Å². The zero-order chi connectivity index (χ0) is 14.0. The van der Waals surface area contributed by atoms with Crippen LogP contribution in [0.25, 0.3) is 0 Å². The first-order valence-corrected chi connectivity index (χ1v) is 7.58. The third kappa shape index (κ3) is 3.50. The van der Waals surface area contributed by atoms with Crippen LogP contribution in [-0.2, 0) is 0 Å². The van der Waals surface area contributed by atoms with Crippen LogP contribution in [0.15, 0.2) is 22.7 Å². The highest BCUT2D eigenvalue weighted by atomic mass is 79.9. The Morgan fingerprint density at radius 2 is 2.11 bits per heavy atom. The van der Waals surface area contributed by atoms with Crippen LogP contribution in [0.3, 0.4) is 0 Å². The standard InChI is InChI=1S/C14H17BrClNO2/c1-9(18)10-4-6-17(7-5-10)14(19)12-3-2-11(16)8-13(12)15/h2-3,8-10,18H,4-7H2,1H3. The first-order chi connectivity index (χ1) is 8.99. The maximum absolute atomic E-state index is 12.4. The molecule has 1 aliphatic heterocycles. The van der Waals surface area contributed by atoms with Crippen LogP contribution in [0.2, 0.25) is 5.02 Å². The van der Waals surface area contributed by atoms with Crippen molar-refractivity contribution in [3.05, 3.63) is 33.3 Å². The van der Waals surface area contributed by atoms with Gasteiger partial charge in [-0.1, -0.05) is 11.6 Å². The second kappa shape index (κ2) is 6.25. The molecule has 1 saturated heterocycles. The number of amides is 1. The fourth-order valence-electron chi connectivity index (χ4n) is 2.42. The highest BCUT2D eigenvalue weighted by Crippen LogP contribution is 2.26. The third-order valence-corrected chi connectivity index (χ3v) is 4.56. The fourth-order valence-corrected chi connectivity index (χ4v) is 3.27. The van der Waals surface area contributed by atoms with Crippen LogP contribution in [0.1, 0.15) is 30.1 Å². The molecule has 0 aliphatic carbocycles. The molecule has 3 nitrogen and oxygen atoms in total. The van der Waals surface area contributed by atoms with E-state index in [4.69, 9.17) is 11.6 Å². The summed E-state index contributed by atoms with van der Waals surface area (Å²) in [7, 11) is 0. The molecule has 1 heterocycles. The van der Waals surface area contributed by atoms with Gasteiger partial charge in [-0.05, 0) is 59.8 Å². The number of halogens is 2. The van der Waals surface area contributed by atoms with Gasteiger partial charge in [0.2, 0.25) is 0 Å². The minimum Gasteiger partial charge on any atom is -0.393 e. The molecule has 1 aliphatic rings. The number of hydrogen-bond acceptors (Lipinski definition) is 2. The highest BCUT2D eigenvalue weighted by Gasteiger charge is 2.26. The lowest BCUT2D eigenvalue weighted by atomic mass is 9.92. The molecule has 5 heteroatoms. The van der Waals surface area contributed by atoms with E-state index in [0.717, 1.165) is 17.3 Å². The van der Waals surface area contributed by atoms with Crippen LogP contribution >= 0.6 is 27.5 Å². The molecule has 1 aromatic carbocycles.